The summed E-state index contributed by atoms with van der Waals surface area (Å²) in [6.07, 6.45) is 4.35. The second kappa shape index (κ2) is 6.00. The van der Waals surface area contributed by atoms with Crippen LogP contribution < -0.4 is 5.73 Å². The summed E-state index contributed by atoms with van der Waals surface area (Å²) in [6, 6.07) is 4.09. The first-order valence-electron chi connectivity index (χ1n) is 4.64. The largest absolute Gasteiger partial charge is 0.326 e. The highest BCUT2D eigenvalue weighted by atomic mass is 32.2. The SMILES string of the molecule is CCCCSc1ccc(CN)cn1. The van der Waals surface area contributed by atoms with E-state index in [-0.39, 0.29) is 0 Å². The zero-order valence-corrected chi connectivity index (χ0v) is 8.81. The summed E-state index contributed by atoms with van der Waals surface area (Å²) in [6.45, 7) is 2.78. The number of rotatable bonds is 5. The molecule has 2 N–H and O–H groups in total. The first-order chi connectivity index (χ1) is 6.36. The van der Waals surface area contributed by atoms with Crippen LogP contribution in [0.3, 0.4) is 0 Å². The molecule has 1 rings (SSSR count). The Bertz CT molecular complexity index is 233. The van der Waals surface area contributed by atoms with E-state index >= 15 is 0 Å². The minimum absolute atomic E-state index is 0.576. The molecule has 0 unspecified atom stereocenters. The van der Waals surface area contributed by atoms with E-state index < -0.39 is 0 Å². The summed E-state index contributed by atoms with van der Waals surface area (Å²) in [5, 5.41) is 1.10. The molecule has 0 bridgehead atoms. The van der Waals surface area contributed by atoms with Crippen molar-refractivity contribution in [3.63, 3.8) is 0 Å². The van der Waals surface area contributed by atoms with Gasteiger partial charge >= 0.3 is 0 Å². The van der Waals surface area contributed by atoms with Gasteiger partial charge in [0.15, 0.2) is 0 Å². The number of pyridine rings is 1. The normalized spacial score (nSPS) is 10.3. The lowest BCUT2D eigenvalue weighted by Gasteiger charge is -2.00. The predicted octanol–water partition coefficient (Wildman–Crippen LogP) is 2.43. The first-order valence-corrected chi connectivity index (χ1v) is 5.63. The Balaban J connectivity index is 2.40. The van der Waals surface area contributed by atoms with Crippen LogP contribution in [0.15, 0.2) is 23.4 Å². The maximum absolute atomic E-state index is 5.47. The van der Waals surface area contributed by atoms with Gasteiger partial charge in [-0.3, -0.25) is 0 Å². The van der Waals surface area contributed by atoms with Crippen LogP contribution >= 0.6 is 11.8 Å². The molecular weight excluding hydrogens is 180 g/mol. The number of hydrogen-bond acceptors (Lipinski definition) is 3. The van der Waals surface area contributed by atoms with Crippen molar-refractivity contribution in [2.24, 2.45) is 5.73 Å². The molecule has 0 fully saturated rings. The summed E-state index contributed by atoms with van der Waals surface area (Å²) in [5.74, 6) is 1.16. The van der Waals surface area contributed by atoms with Gasteiger partial charge in [0.25, 0.3) is 0 Å². The molecular formula is C10H16N2S. The zero-order valence-electron chi connectivity index (χ0n) is 7.99. The second-order valence-electron chi connectivity index (χ2n) is 2.91. The quantitative estimate of drug-likeness (QED) is 0.580. The molecule has 1 heterocycles. The van der Waals surface area contributed by atoms with Gasteiger partial charge in [-0.2, -0.15) is 0 Å². The molecule has 0 atom stereocenters. The van der Waals surface area contributed by atoms with Crippen molar-refractivity contribution in [2.75, 3.05) is 5.75 Å². The van der Waals surface area contributed by atoms with Crippen molar-refractivity contribution in [1.29, 1.82) is 0 Å². The van der Waals surface area contributed by atoms with E-state index in [0.717, 1.165) is 16.3 Å². The van der Waals surface area contributed by atoms with Gasteiger partial charge in [0, 0.05) is 12.7 Å². The Labute approximate surface area is 83.9 Å². The average Bonchev–Trinajstić information content (AvgIpc) is 2.19. The van der Waals surface area contributed by atoms with Crippen molar-refractivity contribution in [3.05, 3.63) is 23.9 Å². The summed E-state index contributed by atoms with van der Waals surface area (Å²) < 4.78 is 0. The van der Waals surface area contributed by atoms with Gasteiger partial charge in [0.2, 0.25) is 0 Å². The Morgan fingerprint density at radius 1 is 1.46 bits per heavy atom. The summed E-state index contributed by atoms with van der Waals surface area (Å²) in [4.78, 5) is 4.30. The van der Waals surface area contributed by atoms with Crippen molar-refractivity contribution in [2.45, 2.75) is 31.3 Å². The van der Waals surface area contributed by atoms with Crippen LogP contribution in [0, 0.1) is 0 Å². The smallest absolute Gasteiger partial charge is 0.0960 e. The van der Waals surface area contributed by atoms with Crippen LogP contribution in [-0.4, -0.2) is 10.7 Å². The Hall–Kier alpha value is -0.540. The van der Waals surface area contributed by atoms with E-state index in [0.29, 0.717) is 6.54 Å². The predicted molar refractivity (Wildman–Crippen MR) is 57.8 cm³/mol. The molecule has 0 aliphatic heterocycles. The standard InChI is InChI=1S/C10H16N2S/c1-2-3-6-13-10-5-4-9(7-11)8-12-10/h4-5,8H,2-3,6-7,11H2,1H3. The van der Waals surface area contributed by atoms with Gasteiger partial charge < -0.3 is 5.73 Å². The molecule has 0 aliphatic rings. The van der Waals surface area contributed by atoms with Gasteiger partial charge in [-0.1, -0.05) is 19.4 Å². The molecule has 13 heavy (non-hydrogen) atoms. The highest BCUT2D eigenvalue weighted by Crippen LogP contribution is 2.16. The molecule has 0 saturated heterocycles. The minimum atomic E-state index is 0.576. The molecule has 0 aliphatic carbocycles. The Morgan fingerprint density at radius 2 is 2.31 bits per heavy atom. The van der Waals surface area contributed by atoms with Crippen molar-refractivity contribution < 1.29 is 0 Å². The van der Waals surface area contributed by atoms with Crippen molar-refractivity contribution >= 4 is 11.8 Å². The fourth-order valence-electron chi connectivity index (χ4n) is 0.938. The fourth-order valence-corrected chi connectivity index (χ4v) is 1.87. The fraction of sp³-hybridized carbons (Fsp3) is 0.500. The Morgan fingerprint density at radius 3 is 2.85 bits per heavy atom. The third-order valence-electron chi connectivity index (χ3n) is 1.78. The van der Waals surface area contributed by atoms with Gasteiger partial charge in [-0.15, -0.1) is 11.8 Å². The third kappa shape index (κ3) is 3.79. The molecule has 0 amide bonds. The maximum Gasteiger partial charge on any atom is 0.0960 e. The van der Waals surface area contributed by atoms with E-state index in [1.807, 2.05) is 30.1 Å². The van der Waals surface area contributed by atoms with Crippen molar-refractivity contribution in [1.82, 2.24) is 4.98 Å². The number of nitrogens with two attached hydrogens (primary N) is 1. The molecule has 1 aromatic heterocycles. The molecule has 72 valence electrons. The van der Waals surface area contributed by atoms with E-state index in [2.05, 4.69) is 11.9 Å². The molecule has 0 aromatic carbocycles. The van der Waals surface area contributed by atoms with Crippen LogP contribution in [0.2, 0.25) is 0 Å². The molecule has 0 saturated carbocycles. The van der Waals surface area contributed by atoms with Crippen LogP contribution in [0.1, 0.15) is 25.3 Å². The number of aromatic nitrogens is 1. The number of nitrogens with zero attached hydrogens (tertiary/aromatic N) is 1. The second-order valence-corrected chi connectivity index (χ2v) is 4.03. The van der Waals surface area contributed by atoms with Gasteiger partial charge in [0.1, 0.15) is 0 Å². The van der Waals surface area contributed by atoms with E-state index in [1.165, 1.54) is 12.8 Å². The van der Waals surface area contributed by atoms with Crippen LogP contribution in [-0.2, 0) is 6.54 Å². The maximum atomic E-state index is 5.47. The molecule has 0 spiro atoms. The summed E-state index contributed by atoms with van der Waals surface area (Å²) in [7, 11) is 0. The topological polar surface area (TPSA) is 38.9 Å². The van der Waals surface area contributed by atoms with E-state index in [9.17, 15) is 0 Å². The van der Waals surface area contributed by atoms with Gasteiger partial charge in [-0.25, -0.2) is 4.98 Å². The first kappa shape index (κ1) is 10.5. The van der Waals surface area contributed by atoms with Gasteiger partial charge in [0.05, 0.1) is 5.03 Å². The summed E-state index contributed by atoms with van der Waals surface area (Å²) >= 11 is 1.81. The zero-order chi connectivity index (χ0) is 9.52. The van der Waals surface area contributed by atoms with Crippen LogP contribution in [0.4, 0.5) is 0 Å². The molecule has 0 radical (unpaired) electrons. The molecule has 1 aromatic rings. The van der Waals surface area contributed by atoms with Crippen LogP contribution in [0.25, 0.3) is 0 Å². The number of unbranched alkanes of at least 4 members (excludes halogenated alkanes) is 1. The third-order valence-corrected chi connectivity index (χ3v) is 2.81. The number of hydrogen-bond donors (Lipinski definition) is 1. The minimum Gasteiger partial charge on any atom is -0.326 e. The molecule has 3 heteroatoms. The van der Waals surface area contributed by atoms with E-state index in [4.69, 9.17) is 5.73 Å². The Kier molecular flexibility index (Phi) is 4.86. The lowest BCUT2D eigenvalue weighted by molar-refractivity contribution is 0.894. The van der Waals surface area contributed by atoms with E-state index in [1.54, 1.807) is 0 Å². The molecule has 2 nitrogen and oxygen atoms in total. The number of thioether (sulfide) groups is 1. The highest BCUT2D eigenvalue weighted by molar-refractivity contribution is 7.99. The van der Waals surface area contributed by atoms with Crippen molar-refractivity contribution in [3.8, 4) is 0 Å². The van der Waals surface area contributed by atoms with Gasteiger partial charge in [-0.05, 0) is 23.8 Å². The lowest BCUT2D eigenvalue weighted by Crippen LogP contribution is -1.96. The monoisotopic (exact) mass is 196 g/mol. The lowest BCUT2D eigenvalue weighted by atomic mass is 10.3. The highest BCUT2D eigenvalue weighted by Gasteiger charge is 1.94. The summed E-state index contributed by atoms with van der Waals surface area (Å²) in [5.41, 5.74) is 6.57. The average molecular weight is 196 g/mol. The van der Waals surface area contributed by atoms with Crippen LogP contribution in [0.5, 0.6) is 0 Å².